The van der Waals surface area contributed by atoms with Crippen molar-refractivity contribution >= 4 is 35.7 Å². The molecular formula is C10H19ClNO4PS. The molecule has 0 aliphatic heterocycles. The molecule has 0 heterocycles. The predicted molar refractivity (Wildman–Crippen MR) is 75.7 cm³/mol. The highest BCUT2D eigenvalue weighted by molar-refractivity contribution is 8.54. The van der Waals surface area contributed by atoms with Crippen LogP contribution in [-0.4, -0.2) is 37.3 Å². The first-order chi connectivity index (χ1) is 8.35. The van der Waals surface area contributed by atoms with Gasteiger partial charge in [-0.05, 0) is 38.4 Å². The van der Waals surface area contributed by atoms with Gasteiger partial charge >= 0.3 is 6.80 Å². The summed E-state index contributed by atoms with van der Waals surface area (Å²) in [5, 5.41) is -0.0787. The summed E-state index contributed by atoms with van der Waals surface area (Å²) in [4.78, 5) is 13.5. The molecule has 0 saturated heterocycles. The van der Waals surface area contributed by atoms with Crippen molar-refractivity contribution in [1.82, 2.24) is 4.90 Å². The molecule has 0 spiro atoms. The van der Waals surface area contributed by atoms with Gasteiger partial charge in [-0.3, -0.25) is 9.32 Å². The lowest BCUT2D eigenvalue weighted by molar-refractivity contribution is -0.126. The third-order valence-corrected chi connectivity index (χ3v) is 6.08. The molecule has 0 fully saturated rings. The van der Waals surface area contributed by atoms with E-state index in [9.17, 15) is 9.36 Å². The van der Waals surface area contributed by atoms with Gasteiger partial charge in [-0.15, -0.1) is 0 Å². The Labute approximate surface area is 117 Å². The molecular weight excluding hydrogens is 297 g/mol. The van der Waals surface area contributed by atoms with E-state index < -0.39 is 6.80 Å². The molecule has 0 aromatic rings. The van der Waals surface area contributed by atoms with Gasteiger partial charge in [0.15, 0.2) is 0 Å². The van der Waals surface area contributed by atoms with Crippen LogP contribution in [-0.2, 0) is 18.4 Å². The van der Waals surface area contributed by atoms with E-state index >= 15 is 0 Å². The highest BCUT2D eigenvalue weighted by Gasteiger charge is 2.26. The molecule has 0 N–H and O–H groups in total. The maximum Gasteiger partial charge on any atom is 0.439 e. The van der Waals surface area contributed by atoms with Gasteiger partial charge in [0, 0.05) is 20.2 Å². The van der Waals surface area contributed by atoms with Crippen LogP contribution >= 0.6 is 29.8 Å². The highest BCUT2D eigenvalue weighted by Crippen LogP contribution is 2.60. The molecule has 0 radical (unpaired) electrons. The zero-order valence-corrected chi connectivity index (χ0v) is 13.7. The van der Waals surface area contributed by atoms with Crippen molar-refractivity contribution in [2.45, 2.75) is 20.8 Å². The van der Waals surface area contributed by atoms with Crippen molar-refractivity contribution in [2.24, 2.45) is 0 Å². The lowest BCUT2D eigenvalue weighted by Crippen LogP contribution is -2.31. The fourth-order valence-electron chi connectivity index (χ4n) is 1.16. The van der Waals surface area contributed by atoms with E-state index in [0.29, 0.717) is 13.1 Å². The largest absolute Gasteiger partial charge is 0.439 e. The van der Waals surface area contributed by atoms with Crippen molar-refractivity contribution in [3.63, 3.8) is 0 Å². The number of allylic oxidation sites excluding steroid dienone is 1. The Kier molecular flexibility index (Phi) is 8.03. The Morgan fingerprint density at radius 3 is 2.22 bits per heavy atom. The lowest BCUT2D eigenvalue weighted by Gasteiger charge is -2.20. The monoisotopic (exact) mass is 315 g/mol. The van der Waals surface area contributed by atoms with Crippen molar-refractivity contribution in [3.05, 3.63) is 10.8 Å². The highest BCUT2D eigenvalue weighted by atomic mass is 35.5. The second kappa shape index (κ2) is 8.10. The Morgan fingerprint density at radius 1 is 1.39 bits per heavy atom. The molecule has 8 heteroatoms. The van der Waals surface area contributed by atoms with E-state index in [1.807, 2.05) is 13.8 Å². The van der Waals surface area contributed by atoms with Crippen molar-refractivity contribution in [3.8, 4) is 0 Å². The molecule has 106 valence electrons. The molecule has 0 aromatic heterocycles. The van der Waals surface area contributed by atoms with Gasteiger partial charge in [0.2, 0.25) is 0 Å². The molecule has 1 amide bonds. The number of hydrogen-bond donors (Lipinski definition) is 0. The Bertz CT molecular complexity index is 363. The standard InChI is InChI=1S/C10H19ClNO4PS/c1-6-12(7-2)10(13)9(11)8(3)16-17(14,15-4)18-5/h6-7H2,1-5H3/b9-8-. The van der Waals surface area contributed by atoms with Gasteiger partial charge in [0.25, 0.3) is 5.91 Å². The van der Waals surface area contributed by atoms with Crippen LogP contribution in [0.2, 0.25) is 0 Å². The number of amides is 1. The van der Waals surface area contributed by atoms with E-state index in [1.54, 1.807) is 11.2 Å². The third kappa shape index (κ3) is 4.84. The summed E-state index contributed by atoms with van der Waals surface area (Å²) in [5.74, 6) is -0.240. The molecule has 5 nitrogen and oxygen atoms in total. The van der Waals surface area contributed by atoms with Crippen molar-refractivity contribution in [1.29, 1.82) is 0 Å². The SMILES string of the molecule is CCN(CC)C(=O)/C(Cl)=C(\C)OP(=O)(OC)SC. The average Bonchev–Trinajstić information content (AvgIpc) is 2.38. The first kappa shape index (κ1) is 17.8. The van der Waals surface area contributed by atoms with Crippen LogP contribution < -0.4 is 0 Å². The number of carbonyl (C=O) groups excluding carboxylic acids is 1. The summed E-state index contributed by atoms with van der Waals surface area (Å²) in [7, 11) is 1.28. The van der Waals surface area contributed by atoms with Gasteiger partial charge in [0.1, 0.15) is 10.8 Å². The zero-order valence-electron chi connectivity index (χ0n) is 11.2. The first-order valence-corrected chi connectivity index (χ1v) is 9.16. The number of halogens is 1. The predicted octanol–water partition coefficient (Wildman–Crippen LogP) is 3.46. The van der Waals surface area contributed by atoms with E-state index in [4.69, 9.17) is 20.6 Å². The quantitative estimate of drug-likeness (QED) is 0.409. The number of nitrogens with zero attached hydrogens (tertiary/aromatic N) is 1. The Hall–Kier alpha value is -0.160. The zero-order chi connectivity index (χ0) is 14.3. The van der Waals surface area contributed by atoms with E-state index in [-0.39, 0.29) is 16.7 Å². The van der Waals surface area contributed by atoms with Crippen LogP contribution in [0.15, 0.2) is 10.8 Å². The fraction of sp³-hybridized carbons (Fsp3) is 0.700. The van der Waals surface area contributed by atoms with Crippen molar-refractivity contribution in [2.75, 3.05) is 26.5 Å². The molecule has 0 saturated carbocycles. The van der Waals surface area contributed by atoms with Crippen LogP contribution in [0.5, 0.6) is 0 Å². The lowest BCUT2D eigenvalue weighted by atomic mass is 10.4. The maximum absolute atomic E-state index is 11.9. The molecule has 18 heavy (non-hydrogen) atoms. The summed E-state index contributed by atoms with van der Waals surface area (Å²) in [6, 6.07) is 0. The van der Waals surface area contributed by atoms with E-state index in [2.05, 4.69) is 0 Å². The van der Waals surface area contributed by atoms with E-state index in [1.165, 1.54) is 14.0 Å². The Morgan fingerprint density at radius 2 is 1.89 bits per heavy atom. The minimum atomic E-state index is -3.27. The summed E-state index contributed by atoms with van der Waals surface area (Å²) in [6.07, 6.45) is 1.59. The normalized spacial score (nSPS) is 15.7. The third-order valence-electron chi connectivity index (χ3n) is 2.24. The number of hydrogen-bond acceptors (Lipinski definition) is 5. The number of likely N-dealkylation sites (N-methyl/N-ethyl adjacent to an activating group) is 1. The van der Waals surface area contributed by atoms with Gasteiger partial charge < -0.3 is 9.42 Å². The van der Waals surface area contributed by atoms with Gasteiger partial charge in [-0.1, -0.05) is 11.6 Å². The van der Waals surface area contributed by atoms with Crippen LogP contribution in [0.1, 0.15) is 20.8 Å². The van der Waals surface area contributed by atoms with Crippen LogP contribution in [0.3, 0.4) is 0 Å². The first-order valence-electron chi connectivity index (χ1n) is 5.41. The molecule has 1 atom stereocenters. The molecule has 0 aromatic carbocycles. The number of carbonyl (C=O) groups is 1. The van der Waals surface area contributed by atoms with Gasteiger partial charge in [-0.25, -0.2) is 4.57 Å². The average molecular weight is 316 g/mol. The second-order valence-corrected chi connectivity index (χ2v) is 7.87. The molecule has 0 rings (SSSR count). The molecule has 0 aliphatic carbocycles. The summed E-state index contributed by atoms with van der Waals surface area (Å²) in [5.41, 5.74) is 0. The fourth-order valence-corrected chi connectivity index (χ4v) is 3.10. The maximum atomic E-state index is 11.9. The summed E-state index contributed by atoms with van der Waals surface area (Å²) >= 11 is 6.87. The Balaban J connectivity index is 5.02. The van der Waals surface area contributed by atoms with Crippen LogP contribution in [0.4, 0.5) is 0 Å². The van der Waals surface area contributed by atoms with Gasteiger partial charge in [0.05, 0.1) is 0 Å². The molecule has 0 bridgehead atoms. The summed E-state index contributed by atoms with van der Waals surface area (Å²) in [6.45, 7) is 3.01. The van der Waals surface area contributed by atoms with Gasteiger partial charge in [-0.2, -0.15) is 0 Å². The van der Waals surface area contributed by atoms with Crippen LogP contribution in [0.25, 0.3) is 0 Å². The number of rotatable bonds is 7. The smallest absolute Gasteiger partial charge is 0.420 e. The molecule has 0 aliphatic rings. The van der Waals surface area contributed by atoms with Crippen LogP contribution in [0, 0.1) is 0 Å². The van der Waals surface area contributed by atoms with E-state index in [0.717, 1.165) is 11.4 Å². The minimum absolute atomic E-state index is 0.0787. The summed E-state index contributed by atoms with van der Waals surface area (Å²) < 4.78 is 21.8. The molecule has 1 unspecified atom stereocenters. The minimum Gasteiger partial charge on any atom is -0.420 e. The topological polar surface area (TPSA) is 55.8 Å². The second-order valence-electron chi connectivity index (χ2n) is 3.25. The van der Waals surface area contributed by atoms with Crippen molar-refractivity contribution < 1.29 is 18.4 Å².